The quantitative estimate of drug-likeness (QED) is 0.811. The molecule has 3 amide bonds. The molecule has 25 heavy (non-hydrogen) atoms. The fourth-order valence-electron chi connectivity index (χ4n) is 4.41. The number of amides is 3. The largest absolute Gasteiger partial charge is 0.356 e. The first-order chi connectivity index (χ1) is 12.1. The van der Waals surface area contributed by atoms with Crippen molar-refractivity contribution in [3.05, 3.63) is 0 Å². The Morgan fingerprint density at radius 1 is 0.960 bits per heavy atom. The van der Waals surface area contributed by atoms with Gasteiger partial charge in [-0.2, -0.15) is 0 Å². The van der Waals surface area contributed by atoms with Gasteiger partial charge < -0.3 is 15.1 Å². The molecule has 0 spiro atoms. The maximum Gasteiger partial charge on any atom is 0.225 e. The van der Waals surface area contributed by atoms with E-state index < -0.39 is 0 Å². The molecule has 2 heterocycles. The Bertz CT molecular complexity index is 548. The van der Waals surface area contributed by atoms with Crippen molar-refractivity contribution in [3.63, 3.8) is 0 Å². The average Bonchev–Trinajstić information content (AvgIpc) is 3.34. The van der Waals surface area contributed by atoms with Crippen LogP contribution in [0.1, 0.15) is 51.4 Å². The molecule has 1 unspecified atom stereocenters. The monoisotopic (exact) mass is 347 g/mol. The number of nitrogens with zero attached hydrogens (tertiary/aromatic N) is 2. The molecule has 4 rings (SSSR count). The highest BCUT2D eigenvalue weighted by atomic mass is 16.2. The van der Waals surface area contributed by atoms with Gasteiger partial charge in [-0.05, 0) is 31.6 Å². The third-order valence-corrected chi connectivity index (χ3v) is 6.36. The van der Waals surface area contributed by atoms with Crippen molar-refractivity contribution in [2.75, 3.05) is 26.2 Å². The lowest BCUT2D eigenvalue weighted by Crippen LogP contribution is -2.62. The van der Waals surface area contributed by atoms with Crippen LogP contribution in [0.2, 0.25) is 0 Å². The Morgan fingerprint density at radius 3 is 2.36 bits per heavy atom. The van der Waals surface area contributed by atoms with Crippen molar-refractivity contribution in [3.8, 4) is 0 Å². The number of nitrogens with one attached hydrogen (secondary N) is 1. The predicted molar refractivity (Wildman–Crippen MR) is 92.5 cm³/mol. The van der Waals surface area contributed by atoms with Crippen molar-refractivity contribution >= 4 is 17.7 Å². The molecule has 6 heteroatoms. The summed E-state index contributed by atoms with van der Waals surface area (Å²) in [5.41, 5.74) is 0. The molecule has 2 aliphatic carbocycles. The van der Waals surface area contributed by atoms with Gasteiger partial charge in [0, 0.05) is 38.5 Å². The lowest BCUT2D eigenvalue weighted by atomic mass is 9.87. The zero-order chi connectivity index (χ0) is 17.4. The van der Waals surface area contributed by atoms with Gasteiger partial charge in [0.05, 0.1) is 12.0 Å². The van der Waals surface area contributed by atoms with Gasteiger partial charge in [0.25, 0.3) is 0 Å². The first-order valence-corrected chi connectivity index (χ1v) is 9.98. The third kappa shape index (κ3) is 3.67. The van der Waals surface area contributed by atoms with Crippen molar-refractivity contribution in [1.29, 1.82) is 0 Å². The molecule has 2 saturated carbocycles. The van der Waals surface area contributed by atoms with Gasteiger partial charge in [-0.25, -0.2) is 0 Å². The lowest BCUT2D eigenvalue weighted by molar-refractivity contribution is -0.148. The number of carbonyl (C=O) groups is 3. The SMILES string of the molecule is O=C(NCC1CC1)C1CC(=O)N(C2CN(C(=O)C3CCCCC3)C2)C1. The van der Waals surface area contributed by atoms with E-state index in [-0.39, 0.29) is 35.6 Å². The number of rotatable bonds is 5. The highest BCUT2D eigenvalue weighted by molar-refractivity contribution is 5.89. The Balaban J connectivity index is 1.23. The minimum absolute atomic E-state index is 0.0252. The molecular weight excluding hydrogens is 318 g/mol. The molecule has 4 fully saturated rings. The van der Waals surface area contributed by atoms with E-state index in [2.05, 4.69) is 5.32 Å². The minimum atomic E-state index is -0.214. The number of carbonyl (C=O) groups excluding carboxylic acids is 3. The predicted octanol–water partition coefficient (Wildman–Crippen LogP) is 1.15. The van der Waals surface area contributed by atoms with E-state index in [1.165, 1.54) is 19.3 Å². The Kier molecular flexibility index (Phi) is 4.69. The molecule has 0 aromatic rings. The second kappa shape index (κ2) is 6.96. The van der Waals surface area contributed by atoms with Crippen LogP contribution in [0.15, 0.2) is 0 Å². The summed E-state index contributed by atoms with van der Waals surface area (Å²) < 4.78 is 0. The van der Waals surface area contributed by atoms with Gasteiger partial charge in [0.2, 0.25) is 17.7 Å². The van der Waals surface area contributed by atoms with Crippen molar-refractivity contribution < 1.29 is 14.4 Å². The van der Waals surface area contributed by atoms with E-state index in [4.69, 9.17) is 0 Å². The average molecular weight is 347 g/mol. The van der Waals surface area contributed by atoms with Gasteiger partial charge >= 0.3 is 0 Å². The van der Waals surface area contributed by atoms with Crippen LogP contribution >= 0.6 is 0 Å². The standard InChI is InChI=1S/C19H29N3O3/c23-17-8-15(18(24)20-9-13-6-7-13)10-22(17)16-11-21(12-16)19(25)14-4-2-1-3-5-14/h13-16H,1-12H2,(H,20,24). The summed E-state index contributed by atoms with van der Waals surface area (Å²) in [6, 6.07) is 0.112. The number of hydrogen-bond acceptors (Lipinski definition) is 3. The summed E-state index contributed by atoms with van der Waals surface area (Å²) >= 11 is 0. The van der Waals surface area contributed by atoms with Crippen LogP contribution in [0.4, 0.5) is 0 Å². The van der Waals surface area contributed by atoms with Crippen LogP contribution in [0.25, 0.3) is 0 Å². The molecule has 1 atom stereocenters. The molecule has 4 aliphatic rings. The molecule has 0 bridgehead atoms. The maximum absolute atomic E-state index is 12.5. The van der Waals surface area contributed by atoms with E-state index in [0.717, 1.165) is 32.2 Å². The van der Waals surface area contributed by atoms with E-state index in [9.17, 15) is 14.4 Å². The van der Waals surface area contributed by atoms with Crippen LogP contribution in [0.3, 0.4) is 0 Å². The summed E-state index contributed by atoms with van der Waals surface area (Å²) in [6.45, 7) is 2.58. The van der Waals surface area contributed by atoms with E-state index in [1.807, 2.05) is 9.80 Å². The third-order valence-electron chi connectivity index (χ3n) is 6.36. The van der Waals surface area contributed by atoms with E-state index in [1.54, 1.807) is 0 Å². The van der Waals surface area contributed by atoms with Crippen LogP contribution < -0.4 is 5.32 Å². The van der Waals surface area contributed by atoms with Crippen LogP contribution in [-0.4, -0.2) is 59.7 Å². The Labute approximate surface area is 149 Å². The fraction of sp³-hybridized carbons (Fsp3) is 0.842. The van der Waals surface area contributed by atoms with Gasteiger partial charge in [-0.1, -0.05) is 19.3 Å². The molecule has 6 nitrogen and oxygen atoms in total. The molecular formula is C19H29N3O3. The van der Waals surface area contributed by atoms with Crippen molar-refractivity contribution in [2.24, 2.45) is 17.8 Å². The highest BCUT2D eigenvalue weighted by Gasteiger charge is 2.44. The van der Waals surface area contributed by atoms with Gasteiger partial charge in [0.1, 0.15) is 0 Å². The van der Waals surface area contributed by atoms with Gasteiger partial charge in [0.15, 0.2) is 0 Å². The maximum atomic E-state index is 12.5. The van der Waals surface area contributed by atoms with Crippen LogP contribution in [-0.2, 0) is 14.4 Å². The summed E-state index contributed by atoms with van der Waals surface area (Å²) in [6.07, 6.45) is 8.36. The Hall–Kier alpha value is -1.59. The minimum Gasteiger partial charge on any atom is -0.356 e. The first kappa shape index (κ1) is 16.9. The second-order valence-electron chi connectivity index (χ2n) is 8.37. The van der Waals surface area contributed by atoms with E-state index >= 15 is 0 Å². The van der Waals surface area contributed by atoms with Crippen LogP contribution in [0.5, 0.6) is 0 Å². The summed E-state index contributed by atoms with van der Waals surface area (Å²) in [5, 5.41) is 2.99. The molecule has 138 valence electrons. The molecule has 0 radical (unpaired) electrons. The first-order valence-electron chi connectivity index (χ1n) is 9.98. The molecule has 0 aromatic heterocycles. The topological polar surface area (TPSA) is 69.7 Å². The summed E-state index contributed by atoms with van der Waals surface area (Å²) in [5.74, 6) is 1.02. The normalized spacial score (nSPS) is 28.2. The lowest BCUT2D eigenvalue weighted by Gasteiger charge is -2.45. The fourth-order valence-corrected chi connectivity index (χ4v) is 4.41. The zero-order valence-corrected chi connectivity index (χ0v) is 14.9. The van der Waals surface area contributed by atoms with Crippen LogP contribution in [0, 0.1) is 17.8 Å². The number of hydrogen-bond donors (Lipinski definition) is 1. The summed E-state index contributed by atoms with van der Waals surface area (Å²) in [4.78, 5) is 40.8. The van der Waals surface area contributed by atoms with Gasteiger partial charge in [-0.3, -0.25) is 14.4 Å². The van der Waals surface area contributed by atoms with Crippen molar-refractivity contribution in [2.45, 2.75) is 57.4 Å². The highest BCUT2D eigenvalue weighted by Crippen LogP contribution is 2.31. The Morgan fingerprint density at radius 2 is 1.68 bits per heavy atom. The van der Waals surface area contributed by atoms with Crippen molar-refractivity contribution in [1.82, 2.24) is 15.1 Å². The van der Waals surface area contributed by atoms with Gasteiger partial charge in [-0.15, -0.1) is 0 Å². The summed E-state index contributed by atoms with van der Waals surface area (Å²) in [7, 11) is 0. The molecule has 2 saturated heterocycles. The van der Waals surface area contributed by atoms with E-state index in [0.29, 0.717) is 32.0 Å². The smallest absolute Gasteiger partial charge is 0.225 e. The second-order valence-corrected chi connectivity index (χ2v) is 8.37. The number of likely N-dealkylation sites (tertiary alicyclic amines) is 2. The zero-order valence-electron chi connectivity index (χ0n) is 14.9. The molecule has 1 N–H and O–H groups in total. The molecule has 2 aliphatic heterocycles. The molecule has 0 aromatic carbocycles.